The summed E-state index contributed by atoms with van der Waals surface area (Å²) in [6.45, 7) is 3.78. The molecule has 0 rings (SSSR count). The average Bonchev–Trinajstić information content (AvgIpc) is 2.20. The van der Waals surface area contributed by atoms with Gasteiger partial charge in [-0.05, 0) is 12.8 Å². The summed E-state index contributed by atoms with van der Waals surface area (Å²) in [5.74, 6) is 0. The van der Waals surface area contributed by atoms with Gasteiger partial charge in [-0.1, -0.05) is 46.0 Å². The number of aliphatic hydroxyl groups is 1. The Morgan fingerprint density at radius 1 is 1.12 bits per heavy atom. The molecule has 0 spiro atoms. The number of aliphatic hydroxyl groups excluding tert-OH is 1. The minimum atomic E-state index is -4.37. The fourth-order valence-electron chi connectivity index (χ4n) is 1.74. The molecule has 0 amide bonds. The SMILES string of the molecule is CCCCCCCC(C(O)CC)S(=O)(=O)[O-].[K+]. The Kier molecular flexibility index (Phi) is 13.9. The van der Waals surface area contributed by atoms with E-state index in [1.807, 2.05) is 0 Å². The molecule has 1 N–H and O–H groups in total. The standard InChI is InChI=1S/C11H24O4S.K/c1-3-5-6-7-8-9-11(10(12)4-2)16(13,14)15;/h10-12H,3-9H2,1-2H3,(H,13,14,15);/q;+1/p-1. The Balaban J connectivity index is 0. The largest absolute Gasteiger partial charge is 1.00 e. The number of unbranched alkanes of at least 4 members (excludes halogenated alkanes) is 4. The van der Waals surface area contributed by atoms with Gasteiger partial charge in [-0.2, -0.15) is 0 Å². The van der Waals surface area contributed by atoms with Crippen LogP contribution in [0.4, 0.5) is 0 Å². The van der Waals surface area contributed by atoms with E-state index in [4.69, 9.17) is 0 Å². The van der Waals surface area contributed by atoms with E-state index in [0.717, 1.165) is 25.7 Å². The van der Waals surface area contributed by atoms with Crippen LogP contribution in [-0.4, -0.2) is 29.4 Å². The number of hydrogen-bond acceptors (Lipinski definition) is 4. The van der Waals surface area contributed by atoms with Gasteiger partial charge in [0.2, 0.25) is 0 Å². The van der Waals surface area contributed by atoms with E-state index in [2.05, 4.69) is 6.92 Å². The summed E-state index contributed by atoms with van der Waals surface area (Å²) in [4.78, 5) is 0. The predicted molar refractivity (Wildman–Crippen MR) is 63.2 cm³/mol. The first-order chi connectivity index (χ1) is 7.43. The maximum atomic E-state index is 10.9. The molecule has 0 aromatic carbocycles. The molecule has 0 radical (unpaired) electrons. The molecule has 0 aromatic heterocycles. The van der Waals surface area contributed by atoms with Crippen LogP contribution in [0.3, 0.4) is 0 Å². The molecule has 0 aliphatic carbocycles. The van der Waals surface area contributed by atoms with Crippen LogP contribution < -0.4 is 51.4 Å². The molecule has 0 saturated heterocycles. The van der Waals surface area contributed by atoms with Crippen LogP contribution >= 0.6 is 0 Å². The van der Waals surface area contributed by atoms with Gasteiger partial charge in [-0.3, -0.25) is 0 Å². The summed E-state index contributed by atoms with van der Waals surface area (Å²) >= 11 is 0. The second-order valence-corrected chi connectivity index (χ2v) is 5.80. The van der Waals surface area contributed by atoms with E-state index in [1.54, 1.807) is 6.92 Å². The summed E-state index contributed by atoms with van der Waals surface area (Å²) in [6.07, 6.45) is 4.51. The number of rotatable bonds is 9. The van der Waals surface area contributed by atoms with Crippen LogP contribution in [0.1, 0.15) is 58.8 Å². The minimum absolute atomic E-state index is 0. The molecular weight excluding hydrogens is 267 g/mol. The van der Waals surface area contributed by atoms with Crippen molar-refractivity contribution in [3.8, 4) is 0 Å². The van der Waals surface area contributed by atoms with Crippen LogP contribution in [0.2, 0.25) is 0 Å². The van der Waals surface area contributed by atoms with Gasteiger partial charge in [0.15, 0.2) is 0 Å². The zero-order valence-electron chi connectivity index (χ0n) is 11.2. The van der Waals surface area contributed by atoms with Crippen molar-refractivity contribution >= 4 is 10.1 Å². The van der Waals surface area contributed by atoms with Crippen molar-refractivity contribution in [2.24, 2.45) is 0 Å². The topological polar surface area (TPSA) is 77.4 Å². The van der Waals surface area contributed by atoms with Crippen molar-refractivity contribution in [3.63, 3.8) is 0 Å². The molecule has 0 aromatic rings. The summed E-state index contributed by atoms with van der Waals surface area (Å²) in [6, 6.07) is 0. The molecule has 2 unspecified atom stereocenters. The Labute approximate surface area is 148 Å². The molecule has 2 atom stereocenters. The van der Waals surface area contributed by atoms with E-state index in [0.29, 0.717) is 12.8 Å². The maximum Gasteiger partial charge on any atom is 1.00 e. The monoisotopic (exact) mass is 290 g/mol. The maximum absolute atomic E-state index is 10.9. The molecule has 0 fully saturated rings. The Morgan fingerprint density at radius 2 is 1.65 bits per heavy atom. The predicted octanol–water partition coefficient (Wildman–Crippen LogP) is -0.964. The number of hydrogen-bond donors (Lipinski definition) is 1. The Morgan fingerprint density at radius 3 is 2.06 bits per heavy atom. The van der Waals surface area contributed by atoms with Gasteiger partial charge in [0.1, 0.15) is 10.1 Å². The van der Waals surface area contributed by atoms with Crippen LogP contribution in [0.15, 0.2) is 0 Å². The second-order valence-electron chi connectivity index (χ2n) is 4.21. The summed E-state index contributed by atoms with van der Waals surface area (Å²) in [7, 11) is -4.37. The van der Waals surface area contributed by atoms with Gasteiger partial charge in [0.05, 0.1) is 11.4 Å². The minimum Gasteiger partial charge on any atom is -0.748 e. The van der Waals surface area contributed by atoms with Gasteiger partial charge in [0, 0.05) is 0 Å². The molecule has 4 nitrogen and oxygen atoms in total. The molecule has 0 heterocycles. The van der Waals surface area contributed by atoms with Crippen molar-refractivity contribution in [2.45, 2.75) is 70.1 Å². The van der Waals surface area contributed by atoms with Gasteiger partial charge in [-0.15, -0.1) is 0 Å². The first kappa shape index (κ1) is 20.8. The van der Waals surface area contributed by atoms with E-state index >= 15 is 0 Å². The molecule has 0 aliphatic rings. The van der Waals surface area contributed by atoms with Gasteiger partial charge >= 0.3 is 51.4 Å². The summed E-state index contributed by atoms with van der Waals surface area (Å²) < 4.78 is 32.8. The molecule has 6 heteroatoms. The second kappa shape index (κ2) is 11.3. The fraction of sp³-hybridized carbons (Fsp3) is 1.00. The van der Waals surface area contributed by atoms with Crippen molar-refractivity contribution in [1.29, 1.82) is 0 Å². The molecular formula is C11H23KO4S. The smallest absolute Gasteiger partial charge is 0.748 e. The fourth-order valence-corrected chi connectivity index (χ4v) is 2.77. The van der Waals surface area contributed by atoms with Gasteiger partial charge < -0.3 is 9.66 Å². The summed E-state index contributed by atoms with van der Waals surface area (Å²) in [5.41, 5.74) is 0. The van der Waals surface area contributed by atoms with Crippen LogP contribution in [0.5, 0.6) is 0 Å². The third-order valence-electron chi connectivity index (χ3n) is 2.81. The zero-order valence-corrected chi connectivity index (χ0v) is 15.1. The quantitative estimate of drug-likeness (QED) is 0.337. The first-order valence-electron chi connectivity index (χ1n) is 6.06. The molecule has 98 valence electrons. The molecule has 0 aliphatic heterocycles. The third kappa shape index (κ3) is 10.0. The zero-order chi connectivity index (χ0) is 12.6. The Hall–Kier alpha value is 1.51. The van der Waals surface area contributed by atoms with Gasteiger partial charge in [0.25, 0.3) is 0 Å². The normalized spacial score (nSPS) is 15.1. The van der Waals surface area contributed by atoms with Crippen molar-refractivity contribution in [3.05, 3.63) is 0 Å². The average molecular weight is 290 g/mol. The van der Waals surface area contributed by atoms with Crippen molar-refractivity contribution in [2.75, 3.05) is 0 Å². The molecule has 17 heavy (non-hydrogen) atoms. The van der Waals surface area contributed by atoms with Gasteiger partial charge in [-0.25, -0.2) is 8.42 Å². The van der Waals surface area contributed by atoms with Crippen molar-refractivity contribution in [1.82, 2.24) is 0 Å². The van der Waals surface area contributed by atoms with E-state index in [-0.39, 0.29) is 57.8 Å². The molecule has 0 saturated carbocycles. The molecule has 0 bridgehead atoms. The summed E-state index contributed by atoms with van der Waals surface area (Å²) in [5, 5.41) is 8.35. The van der Waals surface area contributed by atoms with E-state index < -0.39 is 21.5 Å². The van der Waals surface area contributed by atoms with E-state index in [1.165, 1.54) is 0 Å². The van der Waals surface area contributed by atoms with Crippen molar-refractivity contribution < 1.29 is 69.5 Å². The Bertz CT molecular complexity index is 267. The van der Waals surface area contributed by atoms with Crippen LogP contribution in [0.25, 0.3) is 0 Å². The third-order valence-corrected chi connectivity index (χ3v) is 4.10. The van der Waals surface area contributed by atoms with Crippen LogP contribution in [-0.2, 0) is 10.1 Å². The first-order valence-corrected chi connectivity index (χ1v) is 7.53. The van der Waals surface area contributed by atoms with Crippen LogP contribution in [0, 0.1) is 0 Å². The van der Waals surface area contributed by atoms with E-state index in [9.17, 15) is 18.1 Å².